The van der Waals surface area contributed by atoms with Crippen LogP contribution in [0.4, 0.5) is 0 Å². The van der Waals surface area contributed by atoms with Gasteiger partial charge in [0.25, 0.3) is 0 Å². The SMILES string of the molecule is COCC/C(=C\c1ccccc1)[C@@H]1CC1NC1CCC(NCc2ccc(C(=O)OC(C)(C)C)nc2)CC1. The van der Waals surface area contributed by atoms with E-state index in [1.165, 1.54) is 43.2 Å². The molecule has 2 aliphatic carbocycles. The van der Waals surface area contributed by atoms with Crippen LogP contribution in [0.3, 0.4) is 0 Å². The molecule has 2 aromatic rings. The summed E-state index contributed by atoms with van der Waals surface area (Å²) in [6, 6.07) is 16.1. The van der Waals surface area contributed by atoms with Crippen LogP contribution in [-0.2, 0) is 16.0 Å². The van der Waals surface area contributed by atoms with E-state index in [1.807, 2.05) is 26.8 Å². The van der Waals surface area contributed by atoms with E-state index < -0.39 is 5.60 Å². The zero-order valence-corrected chi connectivity index (χ0v) is 22.8. The maximum absolute atomic E-state index is 12.2. The topological polar surface area (TPSA) is 72.5 Å². The normalized spacial score (nSPS) is 24.1. The number of rotatable bonds is 11. The van der Waals surface area contributed by atoms with Crippen LogP contribution in [0.5, 0.6) is 0 Å². The highest BCUT2D eigenvalue weighted by Crippen LogP contribution is 2.41. The molecule has 6 nitrogen and oxygen atoms in total. The van der Waals surface area contributed by atoms with Gasteiger partial charge in [0.2, 0.25) is 0 Å². The average Bonchev–Trinajstić information content (AvgIpc) is 3.65. The maximum atomic E-state index is 12.2. The van der Waals surface area contributed by atoms with E-state index in [0.717, 1.165) is 25.1 Å². The summed E-state index contributed by atoms with van der Waals surface area (Å²) in [5, 5.41) is 7.63. The number of nitrogens with one attached hydrogen (secondary N) is 2. The van der Waals surface area contributed by atoms with E-state index in [-0.39, 0.29) is 5.97 Å². The van der Waals surface area contributed by atoms with Gasteiger partial charge < -0.3 is 20.1 Å². The van der Waals surface area contributed by atoms with Crippen molar-refractivity contribution in [3.05, 3.63) is 71.1 Å². The van der Waals surface area contributed by atoms with Gasteiger partial charge in [-0.05, 0) is 82.4 Å². The van der Waals surface area contributed by atoms with Crippen molar-refractivity contribution in [3.63, 3.8) is 0 Å². The molecular formula is C31H43N3O3. The Morgan fingerprint density at radius 1 is 1.05 bits per heavy atom. The minimum absolute atomic E-state index is 0.354. The molecule has 2 aliphatic rings. The molecule has 0 amide bonds. The van der Waals surface area contributed by atoms with E-state index in [2.05, 4.69) is 52.0 Å². The second-order valence-electron chi connectivity index (χ2n) is 11.5. The Labute approximate surface area is 222 Å². The van der Waals surface area contributed by atoms with Crippen molar-refractivity contribution in [2.45, 2.75) is 89.6 Å². The molecule has 0 aliphatic heterocycles. The Balaban J connectivity index is 1.18. The summed E-state index contributed by atoms with van der Waals surface area (Å²) in [6.07, 6.45) is 11.1. The molecule has 4 rings (SSSR count). The molecule has 0 saturated heterocycles. The quantitative estimate of drug-likeness (QED) is 0.391. The Hall–Kier alpha value is -2.54. The summed E-state index contributed by atoms with van der Waals surface area (Å²) in [5.41, 5.74) is 3.71. The first-order chi connectivity index (χ1) is 17.8. The van der Waals surface area contributed by atoms with E-state index in [0.29, 0.717) is 29.7 Å². The van der Waals surface area contributed by atoms with Crippen molar-refractivity contribution >= 4 is 12.0 Å². The lowest BCUT2D eigenvalue weighted by Gasteiger charge is -2.30. The molecule has 0 radical (unpaired) electrons. The number of carbonyl (C=O) groups excluding carboxylic acids is 1. The Morgan fingerprint density at radius 3 is 2.43 bits per heavy atom. The van der Waals surface area contributed by atoms with E-state index in [4.69, 9.17) is 9.47 Å². The largest absolute Gasteiger partial charge is 0.455 e. The third-order valence-electron chi connectivity index (χ3n) is 7.22. The van der Waals surface area contributed by atoms with E-state index in [9.17, 15) is 4.79 Å². The summed E-state index contributed by atoms with van der Waals surface area (Å²) in [5.74, 6) is 0.250. The number of pyridine rings is 1. The van der Waals surface area contributed by atoms with Gasteiger partial charge in [-0.2, -0.15) is 0 Å². The van der Waals surface area contributed by atoms with Crippen molar-refractivity contribution in [1.82, 2.24) is 15.6 Å². The molecule has 1 unspecified atom stereocenters. The molecule has 2 atom stereocenters. The summed E-state index contributed by atoms with van der Waals surface area (Å²) in [7, 11) is 1.78. The van der Waals surface area contributed by atoms with Crippen LogP contribution in [0.1, 0.15) is 80.9 Å². The molecular weight excluding hydrogens is 462 g/mol. The van der Waals surface area contributed by atoms with Gasteiger partial charge >= 0.3 is 5.97 Å². The molecule has 2 fully saturated rings. The third kappa shape index (κ3) is 8.77. The van der Waals surface area contributed by atoms with Crippen LogP contribution in [0.2, 0.25) is 0 Å². The highest BCUT2D eigenvalue weighted by Gasteiger charge is 2.40. The molecule has 1 aromatic heterocycles. The second-order valence-corrected chi connectivity index (χ2v) is 11.5. The summed E-state index contributed by atoms with van der Waals surface area (Å²) < 4.78 is 10.8. The fourth-order valence-corrected chi connectivity index (χ4v) is 5.15. The lowest BCUT2D eigenvalue weighted by Crippen LogP contribution is -2.40. The van der Waals surface area contributed by atoms with Gasteiger partial charge in [-0.15, -0.1) is 0 Å². The first-order valence-electron chi connectivity index (χ1n) is 13.7. The second kappa shape index (κ2) is 12.8. The van der Waals surface area contributed by atoms with Crippen LogP contribution in [0, 0.1) is 5.92 Å². The van der Waals surface area contributed by atoms with Crippen molar-refractivity contribution in [2.75, 3.05) is 13.7 Å². The molecule has 200 valence electrons. The monoisotopic (exact) mass is 505 g/mol. The van der Waals surface area contributed by atoms with Gasteiger partial charge in [0.1, 0.15) is 11.3 Å². The van der Waals surface area contributed by atoms with E-state index >= 15 is 0 Å². The Morgan fingerprint density at radius 2 is 1.78 bits per heavy atom. The smallest absolute Gasteiger partial charge is 0.357 e. The number of carbonyl (C=O) groups is 1. The summed E-state index contributed by atoms with van der Waals surface area (Å²) in [6.45, 7) is 7.12. The van der Waals surface area contributed by atoms with Gasteiger partial charge in [-0.1, -0.05) is 48.0 Å². The van der Waals surface area contributed by atoms with Gasteiger partial charge in [0.15, 0.2) is 0 Å². The number of hydrogen-bond donors (Lipinski definition) is 2. The lowest BCUT2D eigenvalue weighted by atomic mass is 9.91. The number of benzene rings is 1. The number of nitrogens with zero attached hydrogens (tertiary/aromatic N) is 1. The zero-order chi connectivity index (χ0) is 26.3. The Bertz CT molecular complexity index is 1020. The lowest BCUT2D eigenvalue weighted by molar-refractivity contribution is 0.00628. The molecule has 0 spiro atoms. The van der Waals surface area contributed by atoms with Crippen LogP contribution in [0.25, 0.3) is 6.08 Å². The van der Waals surface area contributed by atoms with Crippen LogP contribution in [0.15, 0.2) is 54.2 Å². The maximum Gasteiger partial charge on any atom is 0.357 e. The van der Waals surface area contributed by atoms with Gasteiger partial charge in [-0.25, -0.2) is 9.78 Å². The molecule has 2 saturated carbocycles. The van der Waals surface area contributed by atoms with Crippen molar-refractivity contribution in [3.8, 4) is 0 Å². The zero-order valence-electron chi connectivity index (χ0n) is 22.8. The predicted molar refractivity (Wildman–Crippen MR) is 148 cm³/mol. The minimum Gasteiger partial charge on any atom is -0.455 e. The molecule has 2 N–H and O–H groups in total. The number of esters is 1. The molecule has 1 aromatic carbocycles. The number of methoxy groups -OCH3 is 1. The first kappa shape index (κ1) is 27.5. The highest BCUT2D eigenvalue weighted by molar-refractivity contribution is 5.87. The van der Waals surface area contributed by atoms with Crippen molar-refractivity contribution < 1.29 is 14.3 Å². The number of aromatic nitrogens is 1. The fraction of sp³-hybridized carbons (Fsp3) is 0.548. The Kier molecular flexibility index (Phi) is 9.52. The summed E-state index contributed by atoms with van der Waals surface area (Å²) in [4.78, 5) is 16.5. The van der Waals surface area contributed by atoms with Crippen LogP contribution >= 0.6 is 0 Å². The van der Waals surface area contributed by atoms with Gasteiger partial charge in [0.05, 0.1) is 0 Å². The first-order valence-corrected chi connectivity index (χ1v) is 13.7. The summed E-state index contributed by atoms with van der Waals surface area (Å²) >= 11 is 0. The highest BCUT2D eigenvalue weighted by atomic mass is 16.6. The molecule has 37 heavy (non-hydrogen) atoms. The number of ether oxygens (including phenoxy) is 2. The van der Waals surface area contributed by atoms with Crippen molar-refractivity contribution in [1.29, 1.82) is 0 Å². The third-order valence-corrected chi connectivity index (χ3v) is 7.22. The average molecular weight is 506 g/mol. The van der Waals surface area contributed by atoms with Crippen LogP contribution in [-0.4, -0.2) is 48.4 Å². The minimum atomic E-state index is -0.516. The molecule has 0 bridgehead atoms. The molecule has 6 heteroatoms. The predicted octanol–water partition coefficient (Wildman–Crippen LogP) is 5.54. The van der Waals surface area contributed by atoms with Gasteiger partial charge in [-0.3, -0.25) is 0 Å². The fourth-order valence-electron chi connectivity index (χ4n) is 5.15. The standard InChI is InChI=1S/C31H43N3O3/c1-31(2,3)37-30(35)28-15-10-23(21-33-28)20-32-25-11-13-26(14-12-25)34-29-19-27(29)24(16-17-36-4)18-22-8-6-5-7-9-22/h5-10,15,18,21,25-27,29,32,34H,11-14,16-17,19-20H2,1-4H3/b24-18+/t25?,26?,27-,29?/m0/s1. The van der Waals surface area contributed by atoms with Gasteiger partial charge in [0, 0.05) is 44.6 Å². The van der Waals surface area contributed by atoms with Crippen molar-refractivity contribution in [2.24, 2.45) is 5.92 Å². The van der Waals surface area contributed by atoms with Crippen LogP contribution < -0.4 is 10.6 Å². The number of hydrogen-bond acceptors (Lipinski definition) is 6. The van der Waals surface area contributed by atoms with E-state index in [1.54, 1.807) is 19.4 Å². The molecule has 1 heterocycles.